The first kappa shape index (κ1) is 21.3. The topological polar surface area (TPSA) is 84.9 Å². The molecule has 2 aromatic carbocycles. The first-order chi connectivity index (χ1) is 13.4. The molecule has 1 atom stereocenters. The Kier molecular flexibility index (Phi) is 7.87. The summed E-state index contributed by atoms with van der Waals surface area (Å²) in [6.45, 7) is 2.50. The van der Waals surface area contributed by atoms with Crippen molar-refractivity contribution in [3.63, 3.8) is 0 Å². The molecule has 0 radical (unpaired) electrons. The third-order valence-electron chi connectivity index (χ3n) is 4.55. The number of benzene rings is 2. The number of nitrogens with one attached hydrogen (secondary N) is 1. The molecule has 1 unspecified atom stereocenters. The minimum atomic E-state index is -0.998. The number of carbonyl (C=O) groups excluding carboxylic acids is 1. The van der Waals surface area contributed by atoms with Crippen molar-refractivity contribution in [3.05, 3.63) is 59.2 Å². The molecule has 6 heteroatoms. The Morgan fingerprint density at radius 2 is 1.75 bits per heavy atom. The number of amides is 1. The van der Waals surface area contributed by atoms with E-state index in [1.807, 2.05) is 31.2 Å². The fourth-order valence-electron chi connectivity index (χ4n) is 3.13. The fourth-order valence-corrected chi connectivity index (χ4v) is 3.13. The molecule has 0 aliphatic carbocycles. The first-order valence-electron chi connectivity index (χ1n) is 9.23. The summed E-state index contributed by atoms with van der Waals surface area (Å²) in [6, 6.07) is 12.6. The Hall–Kier alpha value is -3.02. The van der Waals surface area contributed by atoms with E-state index in [0.717, 1.165) is 23.3 Å². The van der Waals surface area contributed by atoms with E-state index in [9.17, 15) is 9.59 Å². The summed E-state index contributed by atoms with van der Waals surface area (Å²) in [5.74, 6) is 0.525. The number of carboxylic acids is 1. The molecule has 2 aromatic rings. The molecule has 0 saturated heterocycles. The van der Waals surface area contributed by atoms with Gasteiger partial charge in [0, 0.05) is 13.0 Å². The lowest BCUT2D eigenvalue weighted by Crippen LogP contribution is -2.27. The number of para-hydroxylation sites is 1. The normalized spacial score (nSPS) is 11.5. The molecule has 0 aromatic heterocycles. The minimum absolute atomic E-state index is 0.0106. The molecule has 2 rings (SSSR count). The number of carbonyl (C=O) groups is 2. The second-order valence-corrected chi connectivity index (χ2v) is 6.76. The summed E-state index contributed by atoms with van der Waals surface area (Å²) >= 11 is 0. The Labute approximate surface area is 165 Å². The number of hydrogen-bond acceptors (Lipinski definition) is 4. The molecule has 0 bridgehead atoms. The lowest BCUT2D eigenvalue weighted by molar-refractivity contribution is -0.121. The maximum atomic E-state index is 12.2. The standard InChI is InChI=1S/C22H27NO5/c1-15(12-17-6-4-5-7-19(17)27-2)13-21(24)23-11-10-16-8-9-18(22(25)26)14-20(16)28-3/h4-9,14-15H,10-13H2,1-3H3,(H,23,24)(H,25,26). The molecular formula is C22H27NO5. The van der Waals surface area contributed by atoms with Gasteiger partial charge >= 0.3 is 5.97 Å². The van der Waals surface area contributed by atoms with Gasteiger partial charge in [0.25, 0.3) is 0 Å². The number of aromatic carboxylic acids is 1. The van der Waals surface area contributed by atoms with Gasteiger partial charge in [-0.3, -0.25) is 4.79 Å². The van der Waals surface area contributed by atoms with Gasteiger partial charge in [-0.05, 0) is 48.1 Å². The average molecular weight is 385 g/mol. The SMILES string of the molecule is COc1cc(C(=O)O)ccc1CCNC(=O)CC(C)Cc1ccccc1OC. The van der Waals surface area contributed by atoms with Crippen LogP contribution in [-0.4, -0.2) is 37.7 Å². The van der Waals surface area contributed by atoms with Gasteiger partial charge in [0.15, 0.2) is 0 Å². The van der Waals surface area contributed by atoms with Crippen LogP contribution < -0.4 is 14.8 Å². The van der Waals surface area contributed by atoms with Gasteiger partial charge in [0.2, 0.25) is 5.91 Å². The summed E-state index contributed by atoms with van der Waals surface area (Å²) in [4.78, 5) is 23.3. The van der Waals surface area contributed by atoms with E-state index in [1.165, 1.54) is 19.2 Å². The van der Waals surface area contributed by atoms with E-state index < -0.39 is 5.97 Å². The Morgan fingerprint density at radius 1 is 1.04 bits per heavy atom. The predicted molar refractivity (Wildman–Crippen MR) is 107 cm³/mol. The van der Waals surface area contributed by atoms with Crippen LogP contribution in [0.2, 0.25) is 0 Å². The van der Waals surface area contributed by atoms with Crippen LogP contribution in [-0.2, 0) is 17.6 Å². The zero-order valence-corrected chi connectivity index (χ0v) is 16.5. The van der Waals surface area contributed by atoms with Gasteiger partial charge in [-0.1, -0.05) is 31.2 Å². The van der Waals surface area contributed by atoms with Crippen LogP contribution in [0.3, 0.4) is 0 Å². The number of carboxylic acid groups (broad SMARTS) is 1. The summed E-state index contributed by atoms with van der Waals surface area (Å²) < 4.78 is 10.6. The molecule has 150 valence electrons. The Morgan fingerprint density at radius 3 is 2.43 bits per heavy atom. The number of hydrogen-bond donors (Lipinski definition) is 2. The first-order valence-corrected chi connectivity index (χ1v) is 9.23. The Balaban J connectivity index is 1.83. The van der Waals surface area contributed by atoms with E-state index >= 15 is 0 Å². The molecule has 2 N–H and O–H groups in total. The maximum Gasteiger partial charge on any atom is 0.335 e. The van der Waals surface area contributed by atoms with Gasteiger partial charge < -0.3 is 19.9 Å². The van der Waals surface area contributed by atoms with Crippen LogP contribution in [0, 0.1) is 5.92 Å². The number of methoxy groups -OCH3 is 2. The number of ether oxygens (including phenoxy) is 2. The zero-order valence-electron chi connectivity index (χ0n) is 16.5. The monoisotopic (exact) mass is 385 g/mol. The molecule has 1 amide bonds. The highest BCUT2D eigenvalue weighted by Gasteiger charge is 2.13. The third kappa shape index (κ3) is 6.01. The van der Waals surface area contributed by atoms with Gasteiger partial charge in [-0.15, -0.1) is 0 Å². The summed E-state index contributed by atoms with van der Waals surface area (Å²) in [6.07, 6.45) is 1.75. The van der Waals surface area contributed by atoms with Crippen molar-refractivity contribution in [1.29, 1.82) is 0 Å². The highest BCUT2D eigenvalue weighted by molar-refractivity contribution is 5.88. The molecule has 0 spiro atoms. The zero-order chi connectivity index (χ0) is 20.5. The second kappa shape index (κ2) is 10.3. The van der Waals surface area contributed by atoms with Crippen LogP contribution in [0.4, 0.5) is 0 Å². The van der Waals surface area contributed by atoms with Crippen LogP contribution in [0.15, 0.2) is 42.5 Å². The van der Waals surface area contributed by atoms with Gasteiger partial charge in [0.05, 0.1) is 19.8 Å². The van der Waals surface area contributed by atoms with Crippen LogP contribution in [0.5, 0.6) is 11.5 Å². The largest absolute Gasteiger partial charge is 0.496 e. The van der Waals surface area contributed by atoms with E-state index in [0.29, 0.717) is 25.1 Å². The van der Waals surface area contributed by atoms with Crippen molar-refractivity contribution in [2.24, 2.45) is 5.92 Å². The maximum absolute atomic E-state index is 12.2. The van der Waals surface area contributed by atoms with Crippen molar-refractivity contribution in [2.75, 3.05) is 20.8 Å². The number of rotatable bonds is 10. The summed E-state index contributed by atoms with van der Waals surface area (Å²) in [5.41, 5.74) is 2.12. The van der Waals surface area contributed by atoms with Crippen molar-refractivity contribution < 1.29 is 24.2 Å². The quantitative estimate of drug-likeness (QED) is 0.655. The van der Waals surface area contributed by atoms with E-state index in [-0.39, 0.29) is 17.4 Å². The van der Waals surface area contributed by atoms with E-state index in [1.54, 1.807) is 13.2 Å². The summed E-state index contributed by atoms with van der Waals surface area (Å²) in [5, 5.41) is 12.0. The minimum Gasteiger partial charge on any atom is -0.496 e. The van der Waals surface area contributed by atoms with Crippen LogP contribution in [0.25, 0.3) is 0 Å². The van der Waals surface area contributed by atoms with Gasteiger partial charge in [-0.25, -0.2) is 4.79 Å². The summed E-state index contributed by atoms with van der Waals surface area (Å²) in [7, 11) is 3.15. The molecule has 0 fully saturated rings. The fraction of sp³-hybridized carbons (Fsp3) is 0.364. The van der Waals surface area contributed by atoms with Crippen LogP contribution >= 0.6 is 0 Å². The second-order valence-electron chi connectivity index (χ2n) is 6.76. The molecular weight excluding hydrogens is 358 g/mol. The third-order valence-corrected chi connectivity index (χ3v) is 4.55. The van der Waals surface area contributed by atoms with E-state index in [4.69, 9.17) is 14.6 Å². The van der Waals surface area contributed by atoms with Crippen molar-refractivity contribution >= 4 is 11.9 Å². The van der Waals surface area contributed by atoms with Crippen LogP contribution in [0.1, 0.15) is 34.8 Å². The average Bonchev–Trinajstić information content (AvgIpc) is 2.68. The predicted octanol–water partition coefficient (Wildman–Crippen LogP) is 3.33. The molecule has 28 heavy (non-hydrogen) atoms. The molecule has 0 heterocycles. The smallest absolute Gasteiger partial charge is 0.335 e. The van der Waals surface area contributed by atoms with Gasteiger partial charge in [-0.2, -0.15) is 0 Å². The van der Waals surface area contributed by atoms with E-state index in [2.05, 4.69) is 5.32 Å². The van der Waals surface area contributed by atoms with Crippen molar-refractivity contribution in [1.82, 2.24) is 5.32 Å². The highest BCUT2D eigenvalue weighted by Crippen LogP contribution is 2.22. The molecule has 0 aliphatic rings. The highest BCUT2D eigenvalue weighted by atomic mass is 16.5. The van der Waals surface area contributed by atoms with Gasteiger partial charge in [0.1, 0.15) is 11.5 Å². The lowest BCUT2D eigenvalue weighted by atomic mass is 9.97. The van der Waals surface area contributed by atoms with Crippen molar-refractivity contribution in [2.45, 2.75) is 26.2 Å². The molecule has 6 nitrogen and oxygen atoms in total. The molecule has 0 aliphatic heterocycles. The molecule has 0 saturated carbocycles. The van der Waals surface area contributed by atoms with Crippen molar-refractivity contribution in [3.8, 4) is 11.5 Å². The lowest BCUT2D eigenvalue weighted by Gasteiger charge is -2.14. The Bertz CT molecular complexity index is 818.